The van der Waals surface area contributed by atoms with Gasteiger partial charge in [0.15, 0.2) is 0 Å². The molecule has 0 aromatic carbocycles. The Morgan fingerprint density at radius 2 is 1.62 bits per heavy atom. The number of amides is 1. The summed E-state index contributed by atoms with van der Waals surface area (Å²) in [5.41, 5.74) is 9.68. The van der Waals surface area contributed by atoms with Gasteiger partial charge in [0, 0.05) is 0 Å². The van der Waals surface area contributed by atoms with Gasteiger partial charge in [0.25, 0.3) is 0 Å². The van der Waals surface area contributed by atoms with Gasteiger partial charge in [-0.2, -0.15) is 13.2 Å². The second kappa shape index (κ2) is 6.31. The lowest BCUT2D eigenvalue weighted by molar-refractivity contribution is -0.192. The molecule has 8 heteroatoms. The molecule has 0 bridgehead atoms. The predicted molar refractivity (Wildman–Crippen MR) is 50.4 cm³/mol. The molecule has 0 aliphatic rings. The standard InChI is InChI=1S/C6H14N2O.C2HF3O2/c1-3-4-6(2,8)5(7)9;3-2(4,5)1(6)7/h3-4,8H2,1-2H3,(H2,7,9);(H,6,7). The number of halogens is 3. The molecule has 0 spiro atoms. The SMILES string of the molecule is CCCC(C)(N)C(N)=O.O=C(O)C(F)(F)F. The summed E-state index contributed by atoms with van der Waals surface area (Å²) in [7, 11) is 0. The highest BCUT2D eigenvalue weighted by molar-refractivity contribution is 5.83. The lowest BCUT2D eigenvalue weighted by atomic mass is 9.97. The van der Waals surface area contributed by atoms with Gasteiger partial charge in [-0.1, -0.05) is 13.3 Å². The van der Waals surface area contributed by atoms with Crippen molar-refractivity contribution in [3.63, 3.8) is 0 Å². The maximum Gasteiger partial charge on any atom is 0.490 e. The van der Waals surface area contributed by atoms with Gasteiger partial charge in [-0.05, 0) is 13.3 Å². The predicted octanol–water partition coefficient (Wildman–Crippen LogP) is 0.622. The molecule has 0 aliphatic heterocycles. The van der Waals surface area contributed by atoms with Crippen molar-refractivity contribution in [1.82, 2.24) is 0 Å². The molecule has 96 valence electrons. The zero-order chi connectivity index (χ0) is 13.6. The first-order valence-corrected chi connectivity index (χ1v) is 4.34. The van der Waals surface area contributed by atoms with Crippen molar-refractivity contribution >= 4 is 11.9 Å². The van der Waals surface area contributed by atoms with Gasteiger partial charge >= 0.3 is 12.1 Å². The molecule has 1 atom stereocenters. The topological polar surface area (TPSA) is 106 Å². The van der Waals surface area contributed by atoms with Gasteiger partial charge in [0.1, 0.15) is 0 Å². The molecule has 0 fully saturated rings. The number of hydrogen-bond donors (Lipinski definition) is 3. The van der Waals surface area contributed by atoms with Crippen LogP contribution in [-0.4, -0.2) is 28.7 Å². The number of carboxylic acids is 1. The normalized spacial score (nSPS) is 14.4. The van der Waals surface area contributed by atoms with Crippen molar-refractivity contribution in [2.45, 2.75) is 38.4 Å². The van der Waals surface area contributed by atoms with Crippen molar-refractivity contribution in [3.8, 4) is 0 Å². The van der Waals surface area contributed by atoms with Crippen molar-refractivity contribution < 1.29 is 27.9 Å². The minimum Gasteiger partial charge on any atom is -0.475 e. The number of rotatable bonds is 3. The lowest BCUT2D eigenvalue weighted by Gasteiger charge is -2.18. The van der Waals surface area contributed by atoms with Crippen molar-refractivity contribution in [2.75, 3.05) is 0 Å². The summed E-state index contributed by atoms with van der Waals surface area (Å²) < 4.78 is 31.7. The van der Waals surface area contributed by atoms with E-state index in [1.807, 2.05) is 6.92 Å². The zero-order valence-corrected chi connectivity index (χ0v) is 8.97. The summed E-state index contributed by atoms with van der Waals surface area (Å²) in [6, 6.07) is 0. The Bertz CT molecular complexity index is 251. The van der Waals surface area contributed by atoms with Gasteiger partial charge in [-0.15, -0.1) is 0 Å². The number of carboxylic acid groups (broad SMARTS) is 1. The van der Waals surface area contributed by atoms with E-state index in [-0.39, 0.29) is 0 Å². The minimum absolute atomic E-state index is 0.427. The van der Waals surface area contributed by atoms with Crippen LogP contribution in [0.4, 0.5) is 13.2 Å². The van der Waals surface area contributed by atoms with E-state index in [0.29, 0.717) is 6.42 Å². The fourth-order valence-corrected chi connectivity index (χ4v) is 0.643. The van der Waals surface area contributed by atoms with Crippen LogP contribution in [0.25, 0.3) is 0 Å². The molecule has 0 rings (SSSR count). The fourth-order valence-electron chi connectivity index (χ4n) is 0.643. The summed E-state index contributed by atoms with van der Waals surface area (Å²) in [5.74, 6) is -3.18. The lowest BCUT2D eigenvalue weighted by Crippen LogP contribution is -2.49. The Morgan fingerprint density at radius 3 is 1.69 bits per heavy atom. The van der Waals surface area contributed by atoms with Crippen LogP contribution < -0.4 is 11.5 Å². The largest absolute Gasteiger partial charge is 0.490 e. The smallest absolute Gasteiger partial charge is 0.475 e. The molecule has 0 radical (unpaired) electrons. The van der Waals surface area contributed by atoms with E-state index in [4.69, 9.17) is 21.4 Å². The van der Waals surface area contributed by atoms with Crippen molar-refractivity contribution in [1.29, 1.82) is 0 Å². The molecule has 0 saturated heterocycles. The maximum absolute atomic E-state index is 10.6. The number of primary amides is 1. The van der Waals surface area contributed by atoms with Gasteiger partial charge < -0.3 is 16.6 Å². The van der Waals surface area contributed by atoms with Crippen LogP contribution in [0, 0.1) is 0 Å². The van der Waals surface area contributed by atoms with E-state index >= 15 is 0 Å². The average molecular weight is 244 g/mol. The number of aliphatic carboxylic acids is 1. The number of carbonyl (C=O) groups excluding carboxylic acids is 1. The average Bonchev–Trinajstić information content (AvgIpc) is 2.02. The molecular weight excluding hydrogens is 229 g/mol. The van der Waals surface area contributed by atoms with E-state index in [1.54, 1.807) is 6.92 Å². The highest BCUT2D eigenvalue weighted by Crippen LogP contribution is 2.13. The molecule has 0 saturated carbocycles. The third-order valence-corrected chi connectivity index (χ3v) is 1.57. The molecule has 16 heavy (non-hydrogen) atoms. The Morgan fingerprint density at radius 1 is 1.31 bits per heavy atom. The molecular formula is C8H15F3N2O3. The molecule has 5 nitrogen and oxygen atoms in total. The van der Waals surface area contributed by atoms with E-state index in [2.05, 4.69) is 0 Å². The van der Waals surface area contributed by atoms with Crippen molar-refractivity contribution in [2.24, 2.45) is 11.5 Å². The van der Waals surface area contributed by atoms with Gasteiger partial charge in [0.2, 0.25) is 5.91 Å². The third-order valence-electron chi connectivity index (χ3n) is 1.57. The van der Waals surface area contributed by atoms with E-state index < -0.39 is 23.6 Å². The molecule has 0 heterocycles. The number of nitrogens with two attached hydrogens (primary N) is 2. The van der Waals surface area contributed by atoms with Crippen LogP contribution in [-0.2, 0) is 9.59 Å². The Labute approximate surface area is 90.6 Å². The van der Waals surface area contributed by atoms with Crippen LogP contribution in [0.5, 0.6) is 0 Å². The first-order chi connectivity index (χ1) is 6.95. The summed E-state index contributed by atoms with van der Waals surface area (Å²) >= 11 is 0. The highest BCUT2D eigenvalue weighted by Gasteiger charge is 2.38. The van der Waals surface area contributed by atoms with E-state index in [9.17, 15) is 18.0 Å². The number of carbonyl (C=O) groups is 2. The van der Waals surface area contributed by atoms with Crippen LogP contribution in [0.2, 0.25) is 0 Å². The third kappa shape index (κ3) is 8.04. The summed E-state index contributed by atoms with van der Waals surface area (Å²) in [6.07, 6.45) is -3.54. The van der Waals surface area contributed by atoms with Gasteiger partial charge in [0.05, 0.1) is 5.54 Å². The Kier molecular flexibility index (Phi) is 6.74. The maximum atomic E-state index is 10.6. The summed E-state index contributed by atoms with van der Waals surface area (Å²) in [5, 5.41) is 7.12. The quantitative estimate of drug-likeness (QED) is 0.676. The number of hydrogen-bond acceptors (Lipinski definition) is 3. The molecule has 0 aliphatic carbocycles. The van der Waals surface area contributed by atoms with Crippen LogP contribution in [0.1, 0.15) is 26.7 Å². The minimum atomic E-state index is -5.08. The molecule has 5 N–H and O–H groups in total. The molecule has 1 amide bonds. The Hall–Kier alpha value is -1.31. The molecule has 1 unspecified atom stereocenters. The van der Waals surface area contributed by atoms with Crippen LogP contribution in [0.15, 0.2) is 0 Å². The zero-order valence-electron chi connectivity index (χ0n) is 8.97. The second-order valence-corrected chi connectivity index (χ2v) is 3.33. The summed E-state index contributed by atoms with van der Waals surface area (Å²) in [4.78, 5) is 19.4. The Balaban J connectivity index is 0. The number of alkyl halides is 3. The van der Waals surface area contributed by atoms with E-state index in [0.717, 1.165) is 6.42 Å². The molecule has 0 aromatic heterocycles. The highest BCUT2D eigenvalue weighted by atomic mass is 19.4. The summed E-state index contributed by atoms with van der Waals surface area (Å²) in [6.45, 7) is 3.62. The van der Waals surface area contributed by atoms with Gasteiger partial charge in [-0.25, -0.2) is 4.79 Å². The molecule has 0 aromatic rings. The second-order valence-electron chi connectivity index (χ2n) is 3.33. The first kappa shape index (κ1) is 17.1. The van der Waals surface area contributed by atoms with Crippen molar-refractivity contribution in [3.05, 3.63) is 0 Å². The van der Waals surface area contributed by atoms with Crippen LogP contribution >= 0.6 is 0 Å². The van der Waals surface area contributed by atoms with E-state index in [1.165, 1.54) is 0 Å². The van der Waals surface area contributed by atoms with Gasteiger partial charge in [-0.3, -0.25) is 4.79 Å². The fraction of sp³-hybridized carbons (Fsp3) is 0.750. The monoisotopic (exact) mass is 244 g/mol. The van der Waals surface area contributed by atoms with Crippen LogP contribution in [0.3, 0.4) is 0 Å². The first-order valence-electron chi connectivity index (χ1n) is 4.34.